The molecular formula is C14H13N3O2S. The first-order valence-corrected chi connectivity index (χ1v) is 7.10. The van der Waals surface area contributed by atoms with Crippen molar-refractivity contribution in [1.29, 1.82) is 0 Å². The minimum atomic E-state index is 0.195. The molecule has 6 heteroatoms. The Morgan fingerprint density at radius 2 is 2.00 bits per heavy atom. The summed E-state index contributed by atoms with van der Waals surface area (Å²) in [5, 5.41) is 16.4. The van der Waals surface area contributed by atoms with Crippen molar-refractivity contribution < 1.29 is 9.84 Å². The molecule has 0 fully saturated rings. The predicted molar refractivity (Wildman–Crippen MR) is 79.5 cm³/mol. The molecule has 0 aliphatic carbocycles. The number of hydrogen-bond donors (Lipinski definition) is 1. The minimum Gasteiger partial charge on any atom is -0.506 e. The maximum absolute atomic E-state index is 9.78. The van der Waals surface area contributed by atoms with Gasteiger partial charge in [-0.25, -0.2) is 5.01 Å². The van der Waals surface area contributed by atoms with E-state index in [0.29, 0.717) is 17.6 Å². The van der Waals surface area contributed by atoms with Crippen molar-refractivity contribution in [2.75, 3.05) is 11.7 Å². The van der Waals surface area contributed by atoms with E-state index in [2.05, 4.69) is 10.1 Å². The zero-order chi connectivity index (χ0) is 13.8. The number of aromatic hydroxyl groups is 1. The summed E-state index contributed by atoms with van der Waals surface area (Å²) in [6.07, 6.45) is 3.53. The van der Waals surface area contributed by atoms with Gasteiger partial charge in [0, 0.05) is 18.1 Å². The Kier molecular flexibility index (Phi) is 3.73. The van der Waals surface area contributed by atoms with E-state index in [1.165, 1.54) is 11.8 Å². The van der Waals surface area contributed by atoms with Crippen molar-refractivity contribution in [1.82, 2.24) is 4.98 Å². The van der Waals surface area contributed by atoms with Gasteiger partial charge in [-0.1, -0.05) is 23.9 Å². The molecule has 0 spiro atoms. The molecule has 0 radical (unpaired) electrons. The highest BCUT2D eigenvalue weighted by Gasteiger charge is 2.19. The van der Waals surface area contributed by atoms with Gasteiger partial charge in [0.1, 0.15) is 11.4 Å². The van der Waals surface area contributed by atoms with Gasteiger partial charge in [0.25, 0.3) is 5.23 Å². The van der Waals surface area contributed by atoms with Crippen LogP contribution in [-0.2, 0) is 10.5 Å². The van der Waals surface area contributed by atoms with Crippen LogP contribution in [0.2, 0.25) is 0 Å². The zero-order valence-electron chi connectivity index (χ0n) is 10.6. The van der Waals surface area contributed by atoms with Crippen LogP contribution in [0.4, 0.5) is 5.69 Å². The maximum Gasteiger partial charge on any atom is 0.270 e. The topological polar surface area (TPSA) is 58.0 Å². The molecule has 3 rings (SSSR count). The Labute approximate surface area is 120 Å². The molecule has 0 atom stereocenters. The van der Waals surface area contributed by atoms with Gasteiger partial charge in [-0.15, -0.1) is 5.10 Å². The predicted octanol–water partition coefficient (Wildman–Crippen LogP) is 2.79. The molecule has 20 heavy (non-hydrogen) atoms. The highest BCUT2D eigenvalue weighted by Crippen LogP contribution is 2.30. The van der Waals surface area contributed by atoms with E-state index in [1.54, 1.807) is 35.6 Å². The molecular weight excluding hydrogens is 274 g/mol. The number of rotatable bonds is 3. The van der Waals surface area contributed by atoms with E-state index in [4.69, 9.17) is 4.74 Å². The number of para-hydroxylation sites is 2. The fourth-order valence-electron chi connectivity index (χ4n) is 1.77. The molecule has 5 nitrogen and oxygen atoms in total. The molecule has 0 bridgehead atoms. The van der Waals surface area contributed by atoms with Crippen LogP contribution < -0.4 is 5.01 Å². The molecule has 1 aliphatic heterocycles. The highest BCUT2D eigenvalue weighted by molar-refractivity contribution is 8.12. The van der Waals surface area contributed by atoms with Crippen LogP contribution in [0, 0.1) is 0 Å². The standard InChI is InChI=1S/C14H13N3O2S/c18-13-4-2-1-3-12(13)17-10-19-14(16-17)20-9-11-5-7-15-8-6-11/h1-8,18H,9-10H2. The molecule has 1 aliphatic rings. The van der Waals surface area contributed by atoms with Crippen LogP contribution in [0.25, 0.3) is 0 Å². The summed E-state index contributed by atoms with van der Waals surface area (Å²) < 4.78 is 5.51. The maximum atomic E-state index is 9.78. The molecule has 1 aromatic heterocycles. The van der Waals surface area contributed by atoms with Gasteiger partial charge in [-0.05, 0) is 29.8 Å². The van der Waals surface area contributed by atoms with Crippen LogP contribution in [0.5, 0.6) is 5.75 Å². The third-order valence-corrected chi connectivity index (χ3v) is 3.71. The van der Waals surface area contributed by atoms with Crippen LogP contribution in [0.3, 0.4) is 0 Å². The molecule has 2 heterocycles. The van der Waals surface area contributed by atoms with Crippen molar-refractivity contribution in [3.8, 4) is 5.75 Å². The number of phenolic OH excluding ortho intramolecular Hbond substituents is 1. The van der Waals surface area contributed by atoms with Gasteiger partial charge in [-0.2, -0.15) is 0 Å². The SMILES string of the molecule is Oc1ccccc1N1COC(SCc2ccncc2)=N1. The first-order valence-electron chi connectivity index (χ1n) is 6.11. The molecule has 1 aromatic carbocycles. The van der Waals surface area contributed by atoms with Crippen LogP contribution in [0.15, 0.2) is 53.9 Å². The summed E-state index contributed by atoms with van der Waals surface area (Å²) >= 11 is 1.52. The second-order valence-electron chi connectivity index (χ2n) is 4.17. The lowest BCUT2D eigenvalue weighted by Gasteiger charge is -2.12. The third-order valence-electron chi connectivity index (χ3n) is 2.78. The lowest BCUT2D eigenvalue weighted by molar-refractivity contribution is 0.343. The summed E-state index contributed by atoms with van der Waals surface area (Å²) in [7, 11) is 0. The van der Waals surface area contributed by atoms with Crippen LogP contribution in [-0.4, -0.2) is 22.1 Å². The van der Waals surface area contributed by atoms with E-state index >= 15 is 0 Å². The van der Waals surface area contributed by atoms with Crippen LogP contribution >= 0.6 is 11.8 Å². The number of pyridine rings is 1. The number of hydrazone groups is 1. The fraction of sp³-hybridized carbons (Fsp3) is 0.143. The van der Waals surface area contributed by atoms with Gasteiger partial charge in [-0.3, -0.25) is 4.98 Å². The Bertz CT molecular complexity index is 619. The van der Waals surface area contributed by atoms with Crippen LogP contribution in [0.1, 0.15) is 5.56 Å². The average molecular weight is 287 g/mol. The van der Waals surface area contributed by atoms with Gasteiger partial charge >= 0.3 is 0 Å². The largest absolute Gasteiger partial charge is 0.506 e. The second-order valence-corrected chi connectivity index (χ2v) is 5.10. The van der Waals surface area contributed by atoms with Crippen molar-refractivity contribution >= 4 is 22.7 Å². The number of hydrogen-bond acceptors (Lipinski definition) is 6. The number of phenols is 1. The minimum absolute atomic E-state index is 0.195. The van der Waals surface area contributed by atoms with Gasteiger partial charge < -0.3 is 9.84 Å². The lowest BCUT2D eigenvalue weighted by atomic mass is 10.3. The molecule has 1 N–H and O–H groups in total. The Balaban J connectivity index is 1.65. The van der Waals surface area contributed by atoms with Gasteiger partial charge in [0.15, 0.2) is 6.73 Å². The number of aromatic nitrogens is 1. The number of benzene rings is 1. The Hall–Kier alpha value is -2.21. The molecule has 0 saturated heterocycles. The number of anilines is 1. The van der Waals surface area contributed by atoms with E-state index in [9.17, 15) is 5.11 Å². The normalized spacial score (nSPS) is 14.0. The van der Waals surface area contributed by atoms with Crippen molar-refractivity contribution in [2.24, 2.45) is 5.10 Å². The molecule has 0 unspecified atom stereocenters. The Morgan fingerprint density at radius 1 is 1.20 bits per heavy atom. The quantitative estimate of drug-likeness (QED) is 0.940. The zero-order valence-corrected chi connectivity index (χ0v) is 11.5. The first-order chi connectivity index (χ1) is 9.83. The summed E-state index contributed by atoms with van der Waals surface area (Å²) in [4.78, 5) is 3.98. The van der Waals surface area contributed by atoms with E-state index in [-0.39, 0.29) is 5.75 Å². The monoisotopic (exact) mass is 287 g/mol. The molecule has 0 saturated carbocycles. The number of thioether (sulfide) groups is 1. The van der Waals surface area contributed by atoms with Crippen molar-refractivity contribution in [3.05, 3.63) is 54.4 Å². The smallest absolute Gasteiger partial charge is 0.270 e. The first kappa shape index (κ1) is 12.8. The molecule has 2 aromatic rings. The summed E-state index contributed by atoms with van der Waals surface area (Å²) in [6.45, 7) is 0.316. The van der Waals surface area contributed by atoms with E-state index in [1.807, 2.05) is 18.2 Å². The lowest BCUT2D eigenvalue weighted by Crippen LogP contribution is -2.12. The number of ether oxygens (including phenoxy) is 1. The highest BCUT2D eigenvalue weighted by atomic mass is 32.2. The molecule has 102 valence electrons. The van der Waals surface area contributed by atoms with Gasteiger partial charge in [0.2, 0.25) is 0 Å². The Morgan fingerprint density at radius 3 is 2.80 bits per heavy atom. The summed E-state index contributed by atoms with van der Waals surface area (Å²) in [5.74, 6) is 0.968. The van der Waals surface area contributed by atoms with E-state index < -0.39 is 0 Å². The van der Waals surface area contributed by atoms with Crippen molar-refractivity contribution in [2.45, 2.75) is 5.75 Å². The summed E-state index contributed by atoms with van der Waals surface area (Å²) in [6, 6.07) is 11.0. The second kappa shape index (κ2) is 5.83. The summed E-state index contributed by atoms with van der Waals surface area (Å²) in [5.41, 5.74) is 1.81. The van der Waals surface area contributed by atoms with E-state index in [0.717, 1.165) is 11.3 Å². The van der Waals surface area contributed by atoms with Gasteiger partial charge in [0.05, 0.1) is 0 Å². The van der Waals surface area contributed by atoms with Crippen molar-refractivity contribution in [3.63, 3.8) is 0 Å². The fourth-order valence-corrected chi connectivity index (χ4v) is 2.55. The molecule has 0 amide bonds. The average Bonchev–Trinajstić information content (AvgIpc) is 2.95. The third kappa shape index (κ3) is 2.85. The number of nitrogens with zero attached hydrogens (tertiary/aromatic N) is 3.